The van der Waals surface area contributed by atoms with Crippen LogP contribution >= 0.6 is 0 Å². The van der Waals surface area contributed by atoms with Crippen LogP contribution in [0, 0.1) is 0 Å². The van der Waals surface area contributed by atoms with Gasteiger partial charge in [-0.05, 0) is 13.8 Å². The second-order valence-electron chi connectivity index (χ2n) is 3.75. The third-order valence-corrected chi connectivity index (χ3v) is 3.03. The number of nitrogens with zero attached hydrogens (tertiary/aromatic N) is 1. The Kier molecular flexibility index (Phi) is 2.35. The van der Waals surface area contributed by atoms with Gasteiger partial charge in [0.2, 0.25) is 0 Å². The van der Waals surface area contributed by atoms with Crippen molar-refractivity contribution in [1.82, 2.24) is 4.90 Å². The minimum absolute atomic E-state index is 0.374. The molecule has 0 N–H and O–H groups in total. The Bertz CT molecular complexity index is 161. The van der Waals surface area contributed by atoms with E-state index in [0.717, 1.165) is 26.4 Å². The van der Waals surface area contributed by atoms with E-state index in [-0.39, 0.29) is 0 Å². The van der Waals surface area contributed by atoms with Gasteiger partial charge < -0.3 is 9.47 Å². The second kappa shape index (κ2) is 3.32. The van der Waals surface area contributed by atoms with E-state index in [9.17, 15) is 0 Å². The van der Waals surface area contributed by atoms with Gasteiger partial charge in [0.25, 0.3) is 0 Å². The van der Waals surface area contributed by atoms with Gasteiger partial charge in [-0.15, -0.1) is 0 Å². The number of rotatable bonds is 0. The van der Waals surface area contributed by atoms with Gasteiger partial charge in [-0.3, -0.25) is 4.90 Å². The molecule has 0 radical (unpaired) electrons. The van der Waals surface area contributed by atoms with E-state index < -0.39 is 0 Å². The number of hydrogen-bond donors (Lipinski definition) is 0. The summed E-state index contributed by atoms with van der Waals surface area (Å²) in [5.41, 5.74) is 0. The fraction of sp³-hybridized carbons (Fsp3) is 1.00. The van der Waals surface area contributed by atoms with Crippen molar-refractivity contribution in [2.24, 2.45) is 0 Å². The zero-order chi connectivity index (χ0) is 8.55. The van der Waals surface area contributed by atoms with Gasteiger partial charge in [-0.25, -0.2) is 0 Å². The molecule has 3 atom stereocenters. The molecule has 1 unspecified atom stereocenters. The Hall–Kier alpha value is -0.120. The van der Waals surface area contributed by atoms with Gasteiger partial charge >= 0.3 is 0 Å². The molecule has 0 bridgehead atoms. The van der Waals surface area contributed by atoms with E-state index in [0.29, 0.717) is 18.2 Å². The Morgan fingerprint density at radius 2 is 2.08 bits per heavy atom. The van der Waals surface area contributed by atoms with Crippen molar-refractivity contribution in [2.45, 2.75) is 32.0 Å². The lowest BCUT2D eigenvalue weighted by atomic mass is 10.1. The Morgan fingerprint density at radius 1 is 1.25 bits per heavy atom. The van der Waals surface area contributed by atoms with E-state index >= 15 is 0 Å². The van der Waals surface area contributed by atoms with E-state index in [1.54, 1.807) is 0 Å². The second-order valence-corrected chi connectivity index (χ2v) is 3.75. The third kappa shape index (κ3) is 1.37. The molecule has 2 heterocycles. The van der Waals surface area contributed by atoms with Crippen molar-refractivity contribution < 1.29 is 9.47 Å². The first kappa shape index (κ1) is 8.48. The first-order valence-corrected chi connectivity index (χ1v) is 4.74. The molecular formula is C9H17NO2. The molecule has 0 aromatic rings. The Balaban J connectivity index is 2.03. The summed E-state index contributed by atoms with van der Waals surface area (Å²) >= 11 is 0. The summed E-state index contributed by atoms with van der Waals surface area (Å²) in [6, 6.07) is 1.05. The molecule has 0 aromatic heterocycles. The van der Waals surface area contributed by atoms with Crippen LogP contribution in [0.4, 0.5) is 0 Å². The average Bonchev–Trinajstić information content (AvgIpc) is 2.12. The fourth-order valence-electron chi connectivity index (χ4n) is 2.02. The molecule has 3 heteroatoms. The minimum Gasteiger partial charge on any atom is -0.378 e. The highest BCUT2D eigenvalue weighted by Crippen LogP contribution is 2.20. The topological polar surface area (TPSA) is 21.7 Å². The maximum Gasteiger partial charge on any atom is 0.0700 e. The maximum atomic E-state index is 5.64. The molecule has 3 nitrogen and oxygen atoms in total. The van der Waals surface area contributed by atoms with Gasteiger partial charge in [0.15, 0.2) is 0 Å². The standard InChI is InChI=1S/C9H17NO2/c1-7-8(2)12-6-9-5-11-4-3-10(7)9/h7-9H,3-6H2,1-2H3/t7-,8+,9?/m1/s1. The van der Waals surface area contributed by atoms with Crippen LogP contribution in [0.1, 0.15) is 13.8 Å². The van der Waals surface area contributed by atoms with Crippen LogP contribution in [0.25, 0.3) is 0 Å². The van der Waals surface area contributed by atoms with E-state index in [4.69, 9.17) is 9.47 Å². The molecule has 2 saturated heterocycles. The molecule has 70 valence electrons. The first-order valence-electron chi connectivity index (χ1n) is 4.74. The molecule has 0 aliphatic carbocycles. The first-order chi connectivity index (χ1) is 5.79. The zero-order valence-corrected chi connectivity index (χ0v) is 7.82. The van der Waals surface area contributed by atoms with Crippen LogP contribution in [0.2, 0.25) is 0 Å². The Morgan fingerprint density at radius 3 is 2.92 bits per heavy atom. The zero-order valence-electron chi connectivity index (χ0n) is 7.82. The highest BCUT2D eigenvalue weighted by molar-refractivity contribution is 4.86. The molecule has 2 aliphatic rings. The Labute approximate surface area is 73.6 Å². The van der Waals surface area contributed by atoms with Crippen LogP contribution in [0.15, 0.2) is 0 Å². The van der Waals surface area contributed by atoms with Crippen molar-refractivity contribution in [2.75, 3.05) is 26.4 Å². The number of hydrogen-bond acceptors (Lipinski definition) is 3. The summed E-state index contributed by atoms with van der Waals surface area (Å²) in [7, 11) is 0. The number of ether oxygens (including phenoxy) is 2. The van der Waals surface area contributed by atoms with Crippen molar-refractivity contribution in [3.8, 4) is 0 Å². The van der Waals surface area contributed by atoms with Gasteiger partial charge in [-0.2, -0.15) is 0 Å². The molecule has 0 amide bonds. The normalized spacial score (nSPS) is 44.0. The molecule has 2 fully saturated rings. The van der Waals surface area contributed by atoms with Crippen LogP contribution < -0.4 is 0 Å². The summed E-state index contributed by atoms with van der Waals surface area (Å²) in [5, 5.41) is 0. The SMILES string of the molecule is C[C@@H]1OCC2COCCN2[C@@H]1C. The molecule has 2 aliphatic heterocycles. The lowest BCUT2D eigenvalue weighted by Gasteiger charge is -2.46. The maximum absolute atomic E-state index is 5.64. The predicted octanol–water partition coefficient (Wildman–Crippen LogP) is 0.494. The highest BCUT2D eigenvalue weighted by Gasteiger charge is 2.34. The molecule has 0 aromatic carbocycles. The predicted molar refractivity (Wildman–Crippen MR) is 46.2 cm³/mol. The molecule has 2 rings (SSSR count). The van der Waals surface area contributed by atoms with Crippen molar-refractivity contribution in [3.63, 3.8) is 0 Å². The van der Waals surface area contributed by atoms with Gasteiger partial charge in [-0.1, -0.05) is 0 Å². The van der Waals surface area contributed by atoms with Crippen LogP contribution in [0.5, 0.6) is 0 Å². The van der Waals surface area contributed by atoms with Crippen LogP contribution in [-0.2, 0) is 9.47 Å². The van der Waals surface area contributed by atoms with E-state index in [1.807, 2.05) is 0 Å². The summed E-state index contributed by atoms with van der Waals surface area (Å²) in [4.78, 5) is 2.51. The van der Waals surface area contributed by atoms with Crippen molar-refractivity contribution in [1.29, 1.82) is 0 Å². The van der Waals surface area contributed by atoms with Gasteiger partial charge in [0.1, 0.15) is 0 Å². The third-order valence-electron chi connectivity index (χ3n) is 3.03. The van der Waals surface area contributed by atoms with Crippen molar-refractivity contribution >= 4 is 0 Å². The molecule has 12 heavy (non-hydrogen) atoms. The van der Waals surface area contributed by atoms with Crippen LogP contribution in [0.3, 0.4) is 0 Å². The fourth-order valence-corrected chi connectivity index (χ4v) is 2.02. The smallest absolute Gasteiger partial charge is 0.0700 e. The molecule has 0 saturated carbocycles. The van der Waals surface area contributed by atoms with E-state index in [2.05, 4.69) is 18.7 Å². The van der Waals surface area contributed by atoms with Crippen molar-refractivity contribution in [3.05, 3.63) is 0 Å². The molecule has 0 spiro atoms. The lowest BCUT2D eigenvalue weighted by molar-refractivity contribution is -0.138. The molecular weight excluding hydrogens is 154 g/mol. The van der Waals surface area contributed by atoms with Gasteiger partial charge in [0, 0.05) is 12.6 Å². The van der Waals surface area contributed by atoms with Gasteiger partial charge in [0.05, 0.1) is 32.0 Å². The van der Waals surface area contributed by atoms with E-state index in [1.165, 1.54) is 0 Å². The summed E-state index contributed by atoms with van der Waals surface area (Å²) < 4.78 is 11.0. The monoisotopic (exact) mass is 171 g/mol. The summed E-state index contributed by atoms with van der Waals surface area (Å²) in [6.07, 6.45) is 0.374. The summed E-state index contributed by atoms with van der Waals surface area (Å²) in [5.74, 6) is 0. The average molecular weight is 171 g/mol. The highest BCUT2D eigenvalue weighted by atomic mass is 16.5. The largest absolute Gasteiger partial charge is 0.378 e. The number of morpholine rings is 2. The quantitative estimate of drug-likeness (QED) is 0.529. The lowest BCUT2D eigenvalue weighted by Crippen LogP contribution is -2.59. The minimum atomic E-state index is 0.374. The number of fused-ring (bicyclic) bond motifs is 1. The van der Waals surface area contributed by atoms with Crippen LogP contribution in [-0.4, -0.2) is 49.5 Å². The summed E-state index contributed by atoms with van der Waals surface area (Å²) in [6.45, 7) is 8.02.